The lowest BCUT2D eigenvalue weighted by Gasteiger charge is -2.08. The third kappa shape index (κ3) is 8.71. The van der Waals surface area contributed by atoms with Gasteiger partial charge in [-0.15, -0.1) is 0 Å². The molecule has 9 aromatic rings. The summed E-state index contributed by atoms with van der Waals surface area (Å²) in [7, 11) is 0. The minimum absolute atomic E-state index is 0.170. The van der Waals surface area contributed by atoms with E-state index >= 15 is 0 Å². The summed E-state index contributed by atoms with van der Waals surface area (Å²) in [6.07, 6.45) is 8.95. The van der Waals surface area contributed by atoms with Gasteiger partial charge in [0.2, 0.25) is 0 Å². The molecule has 0 atom stereocenters. The number of aromatic hydroxyl groups is 1. The predicted octanol–water partition coefficient (Wildman–Crippen LogP) is 9.08. The number of nitrogens with zero attached hydrogens (tertiary/aromatic N) is 7. The number of rotatable bonds is 9. The number of nitrogen functional groups attached to an aromatic ring is 1. The van der Waals surface area contributed by atoms with Gasteiger partial charge in [-0.05, 0) is 105 Å². The molecule has 17 heteroatoms. The van der Waals surface area contributed by atoms with Crippen LogP contribution in [0.4, 0.5) is 33.0 Å². The highest BCUT2D eigenvalue weighted by Gasteiger charge is 2.17. The maximum Gasteiger partial charge on any atom is 0.264 e. The Bertz CT molecular complexity index is 3110. The van der Waals surface area contributed by atoms with Crippen LogP contribution in [-0.2, 0) is 0 Å². The Kier molecular flexibility index (Phi) is 11.1. The molecule has 0 spiro atoms. The number of hydrogen-bond acceptors (Lipinski definition) is 13. The van der Waals surface area contributed by atoms with Crippen LogP contribution >= 0.6 is 22.7 Å². The van der Waals surface area contributed by atoms with Crippen molar-refractivity contribution in [2.45, 2.75) is 20.8 Å². The quantitative estimate of drug-likeness (QED) is 0.0458. The zero-order valence-electron chi connectivity index (χ0n) is 32.8. The number of aromatic nitrogens is 6. The molecule has 6 aromatic heterocycles. The lowest BCUT2D eigenvalue weighted by molar-refractivity contribution is 0.0971. The Balaban J connectivity index is 0.000000171. The number of hydrogen-bond donors (Lipinski definition) is 6. The number of carbonyl (C=O) groups excluding carboxylic acids is 2. The number of thiazole rings is 2. The molecule has 6 heterocycles. The fourth-order valence-electron chi connectivity index (χ4n) is 6.48. The van der Waals surface area contributed by atoms with E-state index in [1.807, 2.05) is 60.8 Å². The lowest BCUT2D eigenvalue weighted by Crippen LogP contribution is -2.16. The summed E-state index contributed by atoms with van der Waals surface area (Å²) >= 11 is 3.01. The summed E-state index contributed by atoms with van der Waals surface area (Å²) in [5.74, 6) is -0.491. The number of amides is 2. The van der Waals surface area contributed by atoms with E-state index < -0.39 is 5.91 Å². The smallest absolute Gasteiger partial charge is 0.264 e. The normalized spacial score (nSPS) is 10.8. The largest absolute Gasteiger partial charge is 0.506 e. The molecule has 9 rings (SSSR count). The number of imidazole rings is 2. The van der Waals surface area contributed by atoms with E-state index in [2.05, 4.69) is 58.7 Å². The van der Waals surface area contributed by atoms with Crippen LogP contribution in [0.1, 0.15) is 37.7 Å². The maximum atomic E-state index is 12.5. The van der Waals surface area contributed by atoms with Crippen LogP contribution in [0.15, 0.2) is 122 Å². The molecule has 0 aliphatic heterocycles. The highest BCUT2D eigenvalue weighted by Crippen LogP contribution is 2.35. The number of carbonyl (C=O) groups is 2. The molecule has 2 amide bonds. The van der Waals surface area contributed by atoms with Crippen LogP contribution in [0.2, 0.25) is 0 Å². The first-order valence-electron chi connectivity index (χ1n) is 18.7. The number of nitrogens with one attached hydrogen (secondary N) is 4. The molecule has 0 unspecified atom stereocenters. The Morgan fingerprint density at radius 2 is 1.21 bits per heavy atom. The molecular weight excluding hydrogens is 809 g/mol. The number of para-hydroxylation sites is 2. The van der Waals surface area contributed by atoms with Gasteiger partial charge in [-0.1, -0.05) is 40.9 Å². The maximum absolute atomic E-state index is 12.5. The van der Waals surface area contributed by atoms with E-state index in [1.165, 1.54) is 22.7 Å². The van der Waals surface area contributed by atoms with E-state index in [0.29, 0.717) is 27.6 Å². The number of anilines is 6. The van der Waals surface area contributed by atoms with Gasteiger partial charge in [0.15, 0.2) is 16.5 Å². The third-order valence-electron chi connectivity index (χ3n) is 9.37. The third-order valence-corrected chi connectivity index (χ3v) is 11.2. The van der Waals surface area contributed by atoms with Crippen LogP contribution in [0, 0.1) is 32.2 Å². The molecule has 0 aliphatic carbocycles. The Morgan fingerprint density at radius 3 is 1.77 bits per heavy atom. The number of benzene rings is 3. The molecule has 0 fully saturated rings. The van der Waals surface area contributed by atoms with Gasteiger partial charge in [0, 0.05) is 41.1 Å². The van der Waals surface area contributed by atoms with Crippen molar-refractivity contribution in [3.63, 3.8) is 0 Å². The van der Waals surface area contributed by atoms with E-state index in [1.54, 1.807) is 79.3 Å². The van der Waals surface area contributed by atoms with Crippen molar-refractivity contribution in [1.29, 1.82) is 5.26 Å². The van der Waals surface area contributed by atoms with E-state index in [9.17, 15) is 14.7 Å². The van der Waals surface area contributed by atoms with Crippen molar-refractivity contribution in [2.24, 2.45) is 0 Å². The first-order valence-corrected chi connectivity index (χ1v) is 20.3. The second kappa shape index (κ2) is 17.0. The number of nitriles is 1. The summed E-state index contributed by atoms with van der Waals surface area (Å²) in [6, 6.07) is 28.6. The molecule has 0 saturated heterocycles. The minimum atomic E-state index is -0.427. The van der Waals surface area contributed by atoms with Gasteiger partial charge in [0.1, 0.15) is 17.0 Å². The van der Waals surface area contributed by atoms with Crippen LogP contribution in [0.5, 0.6) is 5.75 Å². The van der Waals surface area contributed by atoms with Crippen LogP contribution in [0.25, 0.3) is 32.4 Å². The summed E-state index contributed by atoms with van der Waals surface area (Å²) in [6.45, 7) is 5.98. The van der Waals surface area contributed by atoms with E-state index in [4.69, 9.17) is 11.0 Å². The van der Waals surface area contributed by atoms with Gasteiger partial charge in [-0.25, -0.2) is 19.9 Å². The average Bonchev–Trinajstić information content (AvgIpc) is 4.04. The molecule has 7 N–H and O–H groups in total. The zero-order valence-corrected chi connectivity index (χ0v) is 34.5. The Labute approximate surface area is 356 Å². The van der Waals surface area contributed by atoms with Crippen LogP contribution < -0.4 is 27.0 Å². The fraction of sp³-hybridized carbons (Fsp3) is 0.0682. The van der Waals surface area contributed by atoms with Gasteiger partial charge in [-0.2, -0.15) is 5.26 Å². The summed E-state index contributed by atoms with van der Waals surface area (Å²) < 4.78 is 3.94. The molecule has 0 aliphatic rings. The zero-order chi connectivity index (χ0) is 42.6. The second-order valence-electron chi connectivity index (χ2n) is 13.7. The molecule has 0 saturated carbocycles. The summed E-state index contributed by atoms with van der Waals surface area (Å²) in [5.41, 5.74) is 16.1. The van der Waals surface area contributed by atoms with Crippen molar-refractivity contribution in [2.75, 3.05) is 21.7 Å². The first-order chi connectivity index (χ1) is 29.5. The molecular formula is C44H36N12O3S2. The van der Waals surface area contributed by atoms with Gasteiger partial charge in [0.25, 0.3) is 11.8 Å². The van der Waals surface area contributed by atoms with E-state index in [0.717, 1.165) is 65.9 Å². The number of pyridine rings is 2. The van der Waals surface area contributed by atoms with E-state index in [-0.39, 0.29) is 11.7 Å². The number of nitrogens with two attached hydrogens (primary N) is 1. The van der Waals surface area contributed by atoms with Gasteiger partial charge < -0.3 is 26.8 Å². The molecule has 61 heavy (non-hydrogen) atoms. The Morgan fingerprint density at radius 1 is 0.689 bits per heavy atom. The highest BCUT2D eigenvalue weighted by molar-refractivity contribution is 7.19. The minimum Gasteiger partial charge on any atom is -0.506 e. The predicted molar refractivity (Wildman–Crippen MR) is 240 cm³/mol. The summed E-state index contributed by atoms with van der Waals surface area (Å²) in [4.78, 5) is 44.2. The molecule has 0 bridgehead atoms. The molecule has 0 radical (unpaired) electrons. The topological polar surface area (TPSA) is 213 Å². The lowest BCUT2D eigenvalue weighted by atomic mass is 10.2. The fourth-order valence-corrected chi connectivity index (χ4v) is 8.34. The number of aryl methyl sites for hydroxylation is 3. The molecule has 15 nitrogen and oxygen atoms in total. The van der Waals surface area contributed by atoms with Gasteiger partial charge in [0.05, 0.1) is 50.1 Å². The van der Waals surface area contributed by atoms with Crippen molar-refractivity contribution in [3.8, 4) is 33.1 Å². The van der Waals surface area contributed by atoms with Crippen molar-refractivity contribution >= 4 is 78.8 Å². The van der Waals surface area contributed by atoms with Gasteiger partial charge >= 0.3 is 0 Å². The standard InChI is InChI=1S/C24H20N6O2S.C20H16N6OS/c1-14-22(30-13-17(31)10-11-21(30)27-14)20-12-26-24(33-20)28-16-8-6-15(7-9-16)23(32)29-19-5-3-2-4-18(19)25;1-12-3-8-17-24-13(2)18(26(17)10-12)16-9-22-20(28-16)25-15-6-4-14(5-7-15)19(27)23-11-21/h2-13,31H,25H2,1H3,(H,26,28)(H,29,32);3-10H,1-2H3,(H,22,25)(H,23,27). The van der Waals surface area contributed by atoms with Gasteiger partial charge in [-0.3, -0.25) is 23.7 Å². The monoisotopic (exact) mass is 844 g/mol. The molecule has 3 aromatic carbocycles. The van der Waals surface area contributed by atoms with Crippen molar-refractivity contribution in [1.82, 2.24) is 34.1 Å². The van der Waals surface area contributed by atoms with Crippen LogP contribution in [-0.4, -0.2) is 45.7 Å². The highest BCUT2D eigenvalue weighted by atomic mass is 32.1. The SMILES string of the molecule is Cc1ccc2nc(C)c(-c3cnc(Nc4ccc(C(=O)NC#N)cc4)s3)n2c1.Cc1nc2ccc(O)cn2c1-c1cnc(Nc2ccc(C(=O)Nc3ccccc3N)cc2)s1. The van der Waals surface area contributed by atoms with Crippen molar-refractivity contribution in [3.05, 3.63) is 150 Å². The van der Waals surface area contributed by atoms with Crippen LogP contribution in [0.3, 0.4) is 0 Å². The average molecular weight is 845 g/mol. The van der Waals surface area contributed by atoms with Crippen molar-refractivity contribution < 1.29 is 14.7 Å². The number of fused-ring (bicyclic) bond motifs is 2. The first kappa shape index (κ1) is 39.7. The Hall–Kier alpha value is -8.07. The second-order valence-corrected chi connectivity index (χ2v) is 15.8. The summed E-state index contributed by atoms with van der Waals surface area (Å²) in [5, 5.41) is 31.3. The molecule has 302 valence electrons.